The Balaban J connectivity index is 1.96. The smallest absolute Gasteiger partial charge is 0.410 e. The lowest BCUT2D eigenvalue weighted by atomic mass is 10.0. The highest BCUT2D eigenvalue weighted by Crippen LogP contribution is 2.42. The van der Waals surface area contributed by atoms with Gasteiger partial charge >= 0.3 is 6.09 Å². The van der Waals surface area contributed by atoms with E-state index in [2.05, 4.69) is 15.1 Å². The molecule has 2 aromatic rings. The molecule has 0 bridgehead atoms. The van der Waals surface area contributed by atoms with Crippen LogP contribution in [0.15, 0.2) is 17.2 Å². The maximum Gasteiger partial charge on any atom is 0.410 e. The fourth-order valence-electron chi connectivity index (χ4n) is 3.44. The molecule has 172 valence electrons. The molecule has 9 nitrogen and oxygen atoms in total. The largest absolute Gasteiger partial charge is 0.491 e. The third kappa shape index (κ3) is 5.34. The molecule has 1 amide bonds. The normalized spacial score (nSPS) is 12.8. The van der Waals surface area contributed by atoms with Crippen LogP contribution in [0.1, 0.15) is 32.0 Å². The van der Waals surface area contributed by atoms with Crippen LogP contribution in [0.4, 0.5) is 10.7 Å². The van der Waals surface area contributed by atoms with Crippen LogP contribution >= 0.6 is 23.2 Å². The minimum Gasteiger partial charge on any atom is -0.491 e. The van der Waals surface area contributed by atoms with Crippen LogP contribution in [0.25, 0.3) is 11.3 Å². The first-order valence-corrected chi connectivity index (χ1v) is 11.1. The van der Waals surface area contributed by atoms with Crippen molar-refractivity contribution in [1.29, 1.82) is 0 Å². The van der Waals surface area contributed by atoms with Crippen LogP contribution in [0, 0.1) is 0 Å². The first kappa shape index (κ1) is 23.9. The molecular weight excluding hydrogens is 455 g/mol. The van der Waals surface area contributed by atoms with Gasteiger partial charge in [0.25, 0.3) is 0 Å². The quantitative estimate of drug-likeness (QED) is 0.445. The fourth-order valence-corrected chi connectivity index (χ4v) is 4.00. The highest BCUT2D eigenvalue weighted by atomic mass is 35.5. The number of carbonyl (C=O) groups is 1. The van der Waals surface area contributed by atoms with E-state index in [4.69, 9.17) is 38.4 Å². The number of benzene rings is 1. The number of amides is 1. The summed E-state index contributed by atoms with van der Waals surface area (Å²) in [6, 6.07) is 3.30. The summed E-state index contributed by atoms with van der Waals surface area (Å²) in [6.45, 7) is 8.13. The number of nitrogens with zero attached hydrogens (tertiary/aromatic N) is 5. The summed E-state index contributed by atoms with van der Waals surface area (Å²) in [7, 11) is 0. The summed E-state index contributed by atoms with van der Waals surface area (Å²) < 4.78 is 11.2. The number of anilines is 1. The number of hydrazone groups is 1. The Kier molecular flexibility index (Phi) is 7.98. The molecule has 11 heteroatoms. The molecule has 1 aliphatic heterocycles. The molecule has 0 radical (unpaired) electrons. The van der Waals surface area contributed by atoms with Crippen LogP contribution < -0.4 is 10.5 Å². The molecule has 2 N–H and O–H groups in total. The second-order valence-electron chi connectivity index (χ2n) is 6.94. The molecule has 0 unspecified atom stereocenters. The number of hydrogen-bond acceptors (Lipinski definition) is 8. The van der Waals surface area contributed by atoms with Gasteiger partial charge in [0.2, 0.25) is 5.95 Å². The first-order valence-electron chi connectivity index (χ1n) is 10.3. The van der Waals surface area contributed by atoms with Gasteiger partial charge < -0.3 is 15.2 Å². The highest BCUT2D eigenvalue weighted by Gasteiger charge is 2.31. The van der Waals surface area contributed by atoms with E-state index in [-0.39, 0.29) is 25.6 Å². The van der Waals surface area contributed by atoms with Gasteiger partial charge in [-0.15, -0.1) is 0 Å². The summed E-state index contributed by atoms with van der Waals surface area (Å²) in [4.78, 5) is 22.5. The predicted octanol–water partition coefficient (Wildman–Crippen LogP) is 4.21. The van der Waals surface area contributed by atoms with Gasteiger partial charge in [-0.1, -0.05) is 23.2 Å². The molecule has 32 heavy (non-hydrogen) atoms. The van der Waals surface area contributed by atoms with Gasteiger partial charge in [-0.3, -0.25) is 9.91 Å². The minimum atomic E-state index is -0.426. The average Bonchev–Trinajstić information content (AvgIpc) is 3.17. The molecule has 0 fully saturated rings. The maximum atomic E-state index is 12.3. The molecule has 3 rings (SSSR count). The lowest BCUT2D eigenvalue weighted by Gasteiger charge is -2.19. The number of fused-ring (bicyclic) bond motifs is 1. The number of halogens is 2. The Hall–Kier alpha value is -2.78. The number of likely N-dealkylation sites (N-methyl/N-ethyl adjacent to an activating group) is 1. The lowest BCUT2D eigenvalue weighted by Crippen LogP contribution is -2.26. The van der Waals surface area contributed by atoms with Crippen molar-refractivity contribution < 1.29 is 14.3 Å². The zero-order chi connectivity index (χ0) is 23.3. The van der Waals surface area contributed by atoms with E-state index in [0.717, 1.165) is 12.1 Å². The molecule has 1 aromatic heterocycles. The topological polar surface area (TPSA) is 106 Å². The van der Waals surface area contributed by atoms with Crippen molar-refractivity contribution in [2.24, 2.45) is 5.10 Å². The van der Waals surface area contributed by atoms with Crippen LogP contribution in [-0.4, -0.2) is 58.5 Å². The standard InChI is InChI=1S/C21H26Cl2N6O3/c1-4-25-29(5-2)7-8-32-17-10-13(22)9-15(23)18(17)19-14-11-28(21(30)31-6-3)12-16(14)26-20(24)27-19/h4,9-10H,5-8,11-12H2,1-3H3,(H2,24,26,27)/b25-4-. The molecule has 0 saturated heterocycles. The number of nitrogens with two attached hydrogens (primary N) is 1. The zero-order valence-corrected chi connectivity index (χ0v) is 19.8. The van der Waals surface area contributed by atoms with Crippen molar-refractivity contribution in [2.75, 3.05) is 32.0 Å². The number of aromatic nitrogens is 2. The van der Waals surface area contributed by atoms with E-state index in [1.165, 1.54) is 4.90 Å². The van der Waals surface area contributed by atoms with E-state index in [9.17, 15) is 4.79 Å². The summed E-state index contributed by atoms with van der Waals surface area (Å²) in [6.07, 6.45) is 1.30. The van der Waals surface area contributed by atoms with Gasteiger partial charge in [0, 0.05) is 23.3 Å². The summed E-state index contributed by atoms with van der Waals surface area (Å²) in [5, 5.41) is 6.95. The van der Waals surface area contributed by atoms with Gasteiger partial charge in [0.1, 0.15) is 12.4 Å². The Morgan fingerprint density at radius 1 is 1.31 bits per heavy atom. The Labute approximate surface area is 197 Å². The average molecular weight is 481 g/mol. The van der Waals surface area contributed by atoms with Gasteiger partial charge in [-0.05, 0) is 32.9 Å². The Morgan fingerprint density at radius 2 is 2.09 bits per heavy atom. The predicted molar refractivity (Wildman–Crippen MR) is 125 cm³/mol. The van der Waals surface area contributed by atoms with E-state index in [1.54, 1.807) is 25.3 Å². The first-order chi connectivity index (χ1) is 15.4. The molecule has 0 aliphatic carbocycles. The summed E-state index contributed by atoms with van der Waals surface area (Å²) in [5.74, 6) is 0.546. The van der Waals surface area contributed by atoms with Crippen LogP contribution in [0.3, 0.4) is 0 Å². The molecule has 0 saturated carbocycles. The molecule has 1 aromatic carbocycles. The third-order valence-electron chi connectivity index (χ3n) is 4.83. The van der Waals surface area contributed by atoms with E-state index in [0.29, 0.717) is 45.9 Å². The number of hydrogen-bond donors (Lipinski definition) is 1. The molecular formula is C21H26Cl2N6O3. The Morgan fingerprint density at radius 3 is 2.78 bits per heavy atom. The third-order valence-corrected chi connectivity index (χ3v) is 5.35. The molecule has 2 heterocycles. The van der Waals surface area contributed by atoms with Crippen LogP contribution in [-0.2, 0) is 17.8 Å². The van der Waals surface area contributed by atoms with Crippen molar-refractivity contribution in [3.8, 4) is 17.0 Å². The van der Waals surface area contributed by atoms with Crippen LogP contribution in [0.2, 0.25) is 10.0 Å². The fraction of sp³-hybridized carbons (Fsp3) is 0.429. The number of nitrogen functional groups attached to an aromatic ring is 1. The van der Waals surface area contributed by atoms with Gasteiger partial charge in [-0.25, -0.2) is 14.8 Å². The highest BCUT2D eigenvalue weighted by molar-refractivity contribution is 6.37. The van der Waals surface area contributed by atoms with Crippen molar-refractivity contribution in [3.05, 3.63) is 33.4 Å². The van der Waals surface area contributed by atoms with Crippen molar-refractivity contribution in [2.45, 2.75) is 33.9 Å². The van der Waals surface area contributed by atoms with Crippen LogP contribution in [0.5, 0.6) is 5.75 Å². The Bertz CT molecular complexity index is 1020. The van der Waals surface area contributed by atoms with Crippen molar-refractivity contribution in [1.82, 2.24) is 19.9 Å². The lowest BCUT2D eigenvalue weighted by molar-refractivity contribution is 0.106. The SMILES string of the molecule is C/C=N\N(CC)CCOc1cc(Cl)cc(Cl)c1-c1nc(N)nc2c1CN(C(=O)OCC)C2. The van der Waals surface area contributed by atoms with Gasteiger partial charge in [-0.2, -0.15) is 5.10 Å². The van der Waals surface area contributed by atoms with E-state index >= 15 is 0 Å². The number of carbonyl (C=O) groups excluding carboxylic acids is 1. The number of rotatable bonds is 8. The van der Waals surface area contributed by atoms with Crippen molar-refractivity contribution in [3.63, 3.8) is 0 Å². The zero-order valence-electron chi connectivity index (χ0n) is 18.3. The molecule has 0 spiro atoms. The second-order valence-corrected chi connectivity index (χ2v) is 7.78. The summed E-state index contributed by atoms with van der Waals surface area (Å²) in [5.41, 5.74) is 8.43. The minimum absolute atomic E-state index is 0.0795. The maximum absolute atomic E-state index is 12.3. The monoisotopic (exact) mass is 480 g/mol. The van der Waals surface area contributed by atoms with Gasteiger partial charge in [0.15, 0.2) is 0 Å². The van der Waals surface area contributed by atoms with E-state index < -0.39 is 6.09 Å². The van der Waals surface area contributed by atoms with Gasteiger partial charge in [0.05, 0.1) is 48.2 Å². The van der Waals surface area contributed by atoms with E-state index in [1.807, 2.05) is 18.9 Å². The molecule has 1 aliphatic rings. The van der Waals surface area contributed by atoms with Crippen molar-refractivity contribution >= 4 is 41.5 Å². The summed E-state index contributed by atoms with van der Waals surface area (Å²) >= 11 is 12.8. The second kappa shape index (κ2) is 10.7. The molecule has 0 atom stereocenters. The number of ether oxygens (including phenoxy) is 2.